The van der Waals surface area contributed by atoms with E-state index in [1.807, 2.05) is 24.3 Å². The van der Waals surface area contributed by atoms with Crippen LogP contribution in [0.5, 0.6) is 5.75 Å². The van der Waals surface area contributed by atoms with E-state index in [0.717, 1.165) is 5.69 Å². The fraction of sp³-hybridized carbons (Fsp3) is 0.250. The molecule has 0 aromatic heterocycles. The van der Waals surface area contributed by atoms with Crippen LogP contribution in [0.4, 0.5) is 15.8 Å². The molecule has 0 saturated heterocycles. The normalized spacial score (nSPS) is 12.1. The number of nitrogens with zero attached hydrogens (tertiary/aromatic N) is 1. The van der Waals surface area contributed by atoms with Crippen molar-refractivity contribution in [1.29, 1.82) is 0 Å². The highest BCUT2D eigenvalue weighted by molar-refractivity contribution is 5.71. The number of rotatable bonds is 4. The van der Waals surface area contributed by atoms with E-state index in [1.165, 1.54) is 6.07 Å². The van der Waals surface area contributed by atoms with E-state index in [2.05, 4.69) is 0 Å². The SMILES string of the molecule is COc1ccccc1N(C)c1c(F)cccc1[C@H](C)O. The average Bonchev–Trinajstić information content (AvgIpc) is 2.46. The highest BCUT2D eigenvalue weighted by atomic mass is 19.1. The molecule has 0 heterocycles. The maximum Gasteiger partial charge on any atom is 0.147 e. The van der Waals surface area contributed by atoms with Crippen LogP contribution in [0.3, 0.4) is 0 Å². The van der Waals surface area contributed by atoms with Gasteiger partial charge in [0.15, 0.2) is 0 Å². The third-order valence-corrected chi connectivity index (χ3v) is 3.25. The first-order valence-corrected chi connectivity index (χ1v) is 6.39. The highest BCUT2D eigenvalue weighted by Gasteiger charge is 2.19. The van der Waals surface area contributed by atoms with Crippen LogP contribution in [0, 0.1) is 5.82 Å². The molecule has 0 fully saturated rings. The molecule has 4 heteroatoms. The van der Waals surface area contributed by atoms with Crippen LogP contribution < -0.4 is 9.64 Å². The molecular weight excluding hydrogens is 257 g/mol. The summed E-state index contributed by atoms with van der Waals surface area (Å²) in [7, 11) is 3.33. The number of hydrogen-bond acceptors (Lipinski definition) is 3. The first kappa shape index (κ1) is 14.3. The molecule has 2 rings (SSSR count). The third-order valence-electron chi connectivity index (χ3n) is 3.25. The Bertz CT molecular complexity index is 599. The smallest absolute Gasteiger partial charge is 0.147 e. The van der Waals surface area contributed by atoms with Gasteiger partial charge in [-0.3, -0.25) is 0 Å². The second-order valence-electron chi connectivity index (χ2n) is 4.58. The fourth-order valence-electron chi connectivity index (χ4n) is 2.25. The molecule has 3 nitrogen and oxygen atoms in total. The van der Waals surface area contributed by atoms with E-state index >= 15 is 0 Å². The number of methoxy groups -OCH3 is 1. The second-order valence-corrected chi connectivity index (χ2v) is 4.58. The molecule has 0 aliphatic rings. The number of aliphatic hydroxyl groups excluding tert-OH is 1. The summed E-state index contributed by atoms with van der Waals surface area (Å²) in [5.74, 6) is 0.270. The molecule has 1 N–H and O–H groups in total. The highest BCUT2D eigenvalue weighted by Crippen LogP contribution is 2.37. The molecule has 20 heavy (non-hydrogen) atoms. The predicted octanol–water partition coefficient (Wildman–Crippen LogP) is 3.66. The molecule has 0 amide bonds. The lowest BCUT2D eigenvalue weighted by molar-refractivity contribution is 0.199. The molecule has 1 atom stereocenters. The number of ether oxygens (including phenoxy) is 1. The summed E-state index contributed by atoms with van der Waals surface area (Å²) < 4.78 is 19.5. The third kappa shape index (κ3) is 2.60. The number of hydrogen-bond donors (Lipinski definition) is 1. The van der Waals surface area contributed by atoms with Gasteiger partial charge in [-0.05, 0) is 25.1 Å². The lowest BCUT2D eigenvalue weighted by Gasteiger charge is -2.25. The van der Waals surface area contributed by atoms with Gasteiger partial charge < -0.3 is 14.7 Å². The second kappa shape index (κ2) is 5.92. The minimum Gasteiger partial charge on any atom is -0.495 e. The van der Waals surface area contributed by atoms with Gasteiger partial charge >= 0.3 is 0 Å². The minimum absolute atomic E-state index is 0.354. The molecule has 2 aromatic carbocycles. The summed E-state index contributed by atoms with van der Waals surface area (Å²) in [4.78, 5) is 1.69. The van der Waals surface area contributed by atoms with Crippen molar-refractivity contribution in [3.63, 3.8) is 0 Å². The number of para-hydroxylation sites is 3. The fourth-order valence-corrected chi connectivity index (χ4v) is 2.25. The summed E-state index contributed by atoms with van der Waals surface area (Å²) in [6, 6.07) is 12.1. The quantitative estimate of drug-likeness (QED) is 0.924. The molecule has 2 aromatic rings. The summed E-state index contributed by atoms with van der Waals surface area (Å²) in [6.07, 6.45) is -0.752. The van der Waals surface area contributed by atoms with Crippen molar-refractivity contribution in [1.82, 2.24) is 0 Å². The number of halogens is 1. The van der Waals surface area contributed by atoms with Gasteiger partial charge in [-0.15, -0.1) is 0 Å². The molecule has 0 aliphatic heterocycles. The van der Waals surface area contributed by atoms with Crippen molar-refractivity contribution in [2.45, 2.75) is 13.0 Å². The van der Waals surface area contributed by atoms with Crippen LogP contribution in [-0.4, -0.2) is 19.3 Å². The van der Waals surface area contributed by atoms with E-state index < -0.39 is 6.10 Å². The lowest BCUT2D eigenvalue weighted by atomic mass is 10.1. The number of aliphatic hydroxyl groups is 1. The molecule has 0 unspecified atom stereocenters. The van der Waals surface area contributed by atoms with E-state index in [-0.39, 0.29) is 5.82 Å². The van der Waals surface area contributed by atoms with Crippen molar-refractivity contribution < 1.29 is 14.2 Å². The van der Waals surface area contributed by atoms with Gasteiger partial charge in [0.1, 0.15) is 11.6 Å². The van der Waals surface area contributed by atoms with E-state index in [9.17, 15) is 9.50 Å². The van der Waals surface area contributed by atoms with Crippen LogP contribution in [0.2, 0.25) is 0 Å². The van der Waals surface area contributed by atoms with Crippen molar-refractivity contribution in [3.05, 3.63) is 53.8 Å². The Kier molecular flexibility index (Phi) is 4.25. The molecule has 0 bridgehead atoms. The van der Waals surface area contributed by atoms with E-state index in [0.29, 0.717) is 17.0 Å². The Morgan fingerprint density at radius 1 is 1.15 bits per heavy atom. The average molecular weight is 275 g/mol. The van der Waals surface area contributed by atoms with Gasteiger partial charge in [0, 0.05) is 12.6 Å². The first-order valence-electron chi connectivity index (χ1n) is 6.39. The monoisotopic (exact) mass is 275 g/mol. The Labute approximate surface area is 118 Å². The van der Waals surface area contributed by atoms with Crippen LogP contribution in [0.15, 0.2) is 42.5 Å². The van der Waals surface area contributed by atoms with Crippen molar-refractivity contribution >= 4 is 11.4 Å². The van der Waals surface area contributed by atoms with Crippen LogP contribution >= 0.6 is 0 Å². The lowest BCUT2D eigenvalue weighted by Crippen LogP contribution is -2.15. The van der Waals surface area contributed by atoms with Gasteiger partial charge in [-0.2, -0.15) is 0 Å². The summed E-state index contributed by atoms with van der Waals surface area (Å²) in [6.45, 7) is 1.62. The molecule has 0 radical (unpaired) electrons. The molecule has 0 aliphatic carbocycles. The summed E-state index contributed by atoms with van der Waals surface area (Å²) in [5.41, 5.74) is 1.63. The zero-order chi connectivity index (χ0) is 14.7. The maximum atomic E-state index is 14.2. The number of anilines is 2. The standard InChI is InChI=1S/C16H18FNO2/c1-11(19)12-7-6-8-13(17)16(12)18(2)14-9-4-5-10-15(14)20-3/h4-11,19H,1-3H3/t11-/m0/s1. The van der Waals surface area contributed by atoms with Gasteiger partial charge in [-0.25, -0.2) is 4.39 Å². The zero-order valence-electron chi connectivity index (χ0n) is 11.8. The largest absolute Gasteiger partial charge is 0.495 e. The Morgan fingerprint density at radius 3 is 2.50 bits per heavy atom. The predicted molar refractivity (Wildman–Crippen MR) is 78.1 cm³/mol. The zero-order valence-corrected chi connectivity index (χ0v) is 11.8. The van der Waals surface area contributed by atoms with Gasteiger partial charge in [0.05, 0.1) is 24.6 Å². The van der Waals surface area contributed by atoms with Crippen LogP contribution in [0.25, 0.3) is 0 Å². The van der Waals surface area contributed by atoms with E-state index in [1.54, 1.807) is 38.1 Å². The topological polar surface area (TPSA) is 32.7 Å². The Morgan fingerprint density at radius 2 is 1.85 bits per heavy atom. The minimum atomic E-state index is -0.752. The molecule has 0 saturated carbocycles. The van der Waals surface area contributed by atoms with Crippen molar-refractivity contribution in [2.24, 2.45) is 0 Å². The molecule has 0 spiro atoms. The van der Waals surface area contributed by atoms with Gasteiger partial charge in [0.2, 0.25) is 0 Å². The molecular formula is C16H18FNO2. The van der Waals surface area contributed by atoms with Crippen LogP contribution in [-0.2, 0) is 0 Å². The van der Waals surface area contributed by atoms with Crippen molar-refractivity contribution in [3.8, 4) is 5.75 Å². The number of benzene rings is 2. The van der Waals surface area contributed by atoms with Gasteiger partial charge in [-0.1, -0.05) is 24.3 Å². The van der Waals surface area contributed by atoms with Crippen LogP contribution in [0.1, 0.15) is 18.6 Å². The molecule has 106 valence electrons. The Hall–Kier alpha value is -2.07. The summed E-state index contributed by atoms with van der Waals surface area (Å²) in [5, 5.41) is 9.83. The summed E-state index contributed by atoms with van der Waals surface area (Å²) >= 11 is 0. The van der Waals surface area contributed by atoms with E-state index in [4.69, 9.17) is 4.74 Å². The maximum absolute atomic E-state index is 14.2. The first-order chi connectivity index (χ1) is 9.56. The Balaban J connectivity index is 2.56. The van der Waals surface area contributed by atoms with Gasteiger partial charge in [0.25, 0.3) is 0 Å². The van der Waals surface area contributed by atoms with Crippen molar-refractivity contribution in [2.75, 3.05) is 19.1 Å².